The predicted octanol–water partition coefficient (Wildman–Crippen LogP) is 3.32. The summed E-state index contributed by atoms with van der Waals surface area (Å²) in [6, 6.07) is 10.5. The molecule has 3 nitrogen and oxygen atoms in total. The Morgan fingerprint density at radius 3 is 2.45 bits per heavy atom. The van der Waals surface area contributed by atoms with E-state index in [1.807, 2.05) is 12.1 Å². The van der Waals surface area contributed by atoms with Gasteiger partial charge in [0.25, 0.3) is 0 Å². The van der Waals surface area contributed by atoms with Gasteiger partial charge in [-0.05, 0) is 43.5 Å². The zero-order valence-electron chi connectivity index (χ0n) is 12.1. The Morgan fingerprint density at radius 2 is 1.75 bits per heavy atom. The van der Waals surface area contributed by atoms with Crippen LogP contribution >= 0.6 is 0 Å². The van der Waals surface area contributed by atoms with Crippen molar-refractivity contribution in [3.8, 4) is 11.5 Å². The van der Waals surface area contributed by atoms with Crippen molar-refractivity contribution in [2.45, 2.75) is 18.8 Å². The van der Waals surface area contributed by atoms with Crippen molar-refractivity contribution in [2.75, 3.05) is 27.3 Å². The molecule has 0 radical (unpaired) electrons. The van der Waals surface area contributed by atoms with Crippen LogP contribution < -0.4 is 14.8 Å². The van der Waals surface area contributed by atoms with Crippen LogP contribution in [0.25, 0.3) is 10.8 Å². The van der Waals surface area contributed by atoms with Gasteiger partial charge >= 0.3 is 0 Å². The fraction of sp³-hybridized carbons (Fsp3) is 0.412. The molecule has 1 fully saturated rings. The van der Waals surface area contributed by atoms with E-state index in [9.17, 15) is 0 Å². The summed E-state index contributed by atoms with van der Waals surface area (Å²) >= 11 is 0. The molecule has 2 aromatic rings. The van der Waals surface area contributed by atoms with Crippen LogP contribution in [-0.4, -0.2) is 27.3 Å². The molecule has 1 saturated heterocycles. The monoisotopic (exact) mass is 271 g/mol. The molecule has 0 bridgehead atoms. The van der Waals surface area contributed by atoms with Gasteiger partial charge in [0.1, 0.15) is 11.5 Å². The van der Waals surface area contributed by atoms with Crippen molar-refractivity contribution in [3.63, 3.8) is 0 Å². The van der Waals surface area contributed by atoms with Crippen LogP contribution in [-0.2, 0) is 0 Å². The second kappa shape index (κ2) is 5.71. The molecular formula is C17H21NO2. The predicted molar refractivity (Wildman–Crippen MR) is 81.9 cm³/mol. The van der Waals surface area contributed by atoms with Crippen LogP contribution in [0.1, 0.15) is 24.3 Å². The van der Waals surface area contributed by atoms with Gasteiger partial charge in [-0.3, -0.25) is 0 Å². The van der Waals surface area contributed by atoms with E-state index < -0.39 is 0 Å². The Balaban J connectivity index is 2.14. The lowest BCUT2D eigenvalue weighted by molar-refractivity contribution is 0.395. The maximum absolute atomic E-state index is 5.74. The third kappa shape index (κ3) is 2.22. The zero-order valence-corrected chi connectivity index (χ0v) is 12.1. The van der Waals surface area contributed by atoms with E-state index in [0.29, 0.717) is 5.92 Å². The standard InChI is InChI=1S/C17H21NO2/c1-19-16-5-3-4-15-14(16)7-6-13(17(15)20-2)12-8-10-18-11-9-12/h3-7,12,18H,8-11H2,1-2H3. The first-order valence-corrected chi connectivity index (χ1v) is 7.19. The summed E-state index contributed by atoms with van der Waals surface area (Å²) in [5, 5.41) is 5.67. The summed E-state index contributed by atoms with van der Waals surface area (Å²) in [4.78, 5) is 0. The summed E-state index contributed by atoms with van der Waals surface area (Å²) in [7, 11) is 3.47. The Labute approximate surface area is 119 Å². The number of hydrogen-bond acceptors (Lipinski definition) is 3. The van der Waals surface area contributed by atoms with Crippen LogP contribution in [0.3, 0.4) is 0 Å². The van der Waals surface area contributed by atoms with E-state index in [0.717, 1.165) is 35.4 Å². The molecule has 3 heteroatoms. The lowest BCUT2D eigenvalue weighted by atomic mass is 9.88. The molecule has 3 rings (SSSR count). The highest BCUT2D eigenvalue weighted by molar-refractivity contribution is 5.94. The SMILES string of the molecule is COc1cccc2c(OC)c(C3CCNCC3)ccc12. The number of ether oxygens (including phenoxy) is 2. The van der Waals surface area contributed by atoms with Gasteiger partial charge < -0.3 is 14.8 Å². The minimum atomic E-state index is 0.585. The molecule has 0 amide bonds. The molecule has 0 saturated carbocycles. The van der Waals surface area contributed by atoms with E-state index in [1.54, 1.807) is 14.2 Å². The minimum absolute atomic E-state index is 0.585. The molecule has 2 aromatic carbocycles. The number of benzene rings is 2. The number of methoxy groups -OCH3 is 2. The van der Waals surface area contributed by atoms with E-state index in [-0.39, 0.29) is 0 Å². The van der Waals surface area contributed by atoms with Crippen molar-refractivity contribution in [2.24, 2.45) is 0 Å². The van der Waals surface area contributed by atoms with E-state index in [1.165, 1.54) is 18.4 Å². The topological polar surface area (TPSA) is 30.5 Å². The fourth-order valence-electron chi connectivity index (χ4n) is 3.18. The van der Waals surface area contributed by atoms with Gasteiger partial charge in [0.2, 0.25) is 0 Å². The van der Waals surface area contributed by atoms with E-state index in [4.69, 9.17) is 9.47 Å². The average molecular weight is 271 g/mol. The fourth-order valence-corrected chi connectivity index (χ4v) is 3.18. The Kier molecular flexibility index (Phi) is 3.79. The molecule has 1 heterocycles. The molecule has 0 aromatic heterocycles. The van der Waals surface area contributed by atoms with Crippen LogP contribution in [0.5, 0.6) is 11.5 Å². The lowest BCUT2D eigenvalue weighted by Gasteiger charge is -2.25. The van der Waals surface area contributed by atoms with Crippen LogP contribution in [0, 0.1) is 0 Å². The van der Waals surface area contributed by atoms with Crippen LogP contribution in [0.15, 0.2) is 30.3 Å². The largest absolute Gasteiger partial charge is 0.496 e. The van der Waals surface area contributed by atoms with Crippen molar-refractivity contribution >= 4 is 10.8 Å². The maximum atomic E-state index is 5.74. The third-order valence-electron chi connectivity index (χ3n) is 4.21. The molecule has 20 heavy (non-hydrogen) atoms. The normalized spacial score (nSPS) is 16.3. The molecule has 1 aliphatic heterocycles. The van der Waals surface area contributed by atoms with Gasteiger partial charge in [0.15, 0.2) is 0 Å². The van der Waals surface area contributed by atoms with Crippen LogP contribution in [0.2, 0.25) is 0 Å². The lowest BCUT2D eigenvalue weighted by Crippen LogP contribution is -2.26. The van der Waals surface area contributed by atoms with E-state index in [2.05, 4.69) is 23.5 Å². The maximum Gasteiger partial charge on any atom is 0.130 e. The first kappa shape index (κ1) is 13.3. The van der Waals surface area contributed by atoms with Gasteiger partial charge in [-0.2, -0.15) is 0 Å². The quantitative estimate of drug-likeness (QED) is 0.929. The zero-order chi connectivity index (χ0) is 13.9. The van der Waals surface area contributed by atoms with Crippen LogP contribution in [0.4, 0.5) is 0 Å². The summed E-state index contributed by atoms with van der Waals surface area (Å²) in [5.41, 5.74) is 1.33. The molecule has 0 unspecified atom stereocenters. The summed E-state index contributed by atoms with van der Waals surface area (Å²) < 4.78 is 11.2. The molecule has 1 aliphatic rings. The number of hydrogen-bond donors (Lipinski definition) is 1. The number of nitrogens with one attached hydrogen (secondary N) is 1. The molecule has 0 aliphatic carbocycles. The molecule has 0 atom stereocenters. The number of piperidine rings is 1. The highest BCUT2D eigenvalue weighted by atomic mass is 16.5. The average Bonchev–Trinajstić information content (AvgIpc) is 2.53. The van der Waals surface area contributed by atoms with Crippen molar-refractivity contribution in [3.05, 3.63) is 35.9 Å². The summed E-state index contributed by atoms with van der Waals surface area (Å²) in [6.45, 7) is 2.17. The molecule has 1 N–H and O–H groups in total. The number of rotatable bonds is 3. The highest BCUT2D eigenvalue weighted by Gasteiger charge is 2.20. The number of fused-ring (bicyclic) bond motifs is 1. The summed E-state index contributed by atoms with van der Waals surface area (Å²) in [6.07, 6.45) is 2.34. The van der Waals surface area contributed by atoms with Gasteiger partial charge in [0, 0.05) is 10.8 Å². The molecule has 0 spiro atoms. The molecular weight excluding hydrogens is 250 g/mol. The highest BCUT2D eigenvalue weighted by Crippen LogP contribution is 2.40. The first-order chi connectivity index (χ1) is 9.85. The first-order valence-electron chi connectivity index (χ1n) is 7.19. The van der Waals surface area contributed by atoms with E-state index >= 15 is 0 Å². The second-order valence-corrected chi connectivity index (χ2v) is 5.27. The Morgan fingerprint density at radius 1 is 0.950 bits per heavy atom. The van der Waals surface area contributed by atoms with Gasteiger partial charge in [0.05, 0.1) is 14.2 Å². The van der Waals surface area contributed by atoms with Gasteiger partial charge in [-0.1, -0.05) is 24.3 Å². The van der Waals surface area contributed by atoms with Gasteiger partial charge in [-0.15, -0.1) is 0 Å². The Hall–Kier alpha value is -1.74. The summed E-state index contributed by atoms with van der Waals surface area (Å²) in [5.74, 6) is 2.49. The van der Waals surface area contributed by atoms with Crippen molar-refractivity contribution in [1.82, 2.24) is 5.32 Å². The van der Waals surface area contributed by atoms with Crippen molar-refractivity contribution in [1.29, 1.82) is 0 Å². The third-order valence-corrected chi connectivity index (χ3v) is 4.21. The Bertz CT molecular complexity index is 603. The molecule has 106 valence electrons. The van der Waals surface area contributed by atoms with Gasteiger partial charge in [-0.25, -0.2) is 0 Å². The van der Waals surface area contributed by atoms with Crippen molar-refractivity contribution < 1.29 is 9.47 Å². The second-order valence-electron chi connectivity index (χ2n) is 5.27. The smallest absolute Gasteiger partial charge is 0.130 e. The minimum Gasteiger partial charge on any atom is -0.496 e.